The zero-order valence-corrected chi connectivity index (χ0v) is 20.4. The second kappa shape index (κ2) is 11.3. The molecule has 0 bridgehead atoms. The number of hydrogen-bond donors (Lipinski definition) is 0. The molecular formula is C26H39N5O2. The number of aromatic nitrogens is 2. The molecule has 1 atom stereocenters. The Morgan fingerprint density at radius 1 is 1.09 bits per heavy atom. The van der Waals surface area contributed by atoms with Crippen LogP contribution in [0, 0.1) is 0 Å². The highest BCUT2D eigenvalue weighted by molar-refractivity contribution is 5.37. The van der Waals surface area contributed by atoms with Crippen molar-refractivity contribution in [3.05, 3.63) is 48.3 Å². The molecule has 0 spiro atoms. The van der Waals surface area contributed by atoms with Crippen molar-refractivity contribution < 1.29 is 9.47 Å². The first-order valence-corrected chi connectivity index (χ1v) is 12.2. The number of hydrogen-bond acceptors (Lipinski definition) is 7. The number of rotatable bonds is 10. The Bertz CT molecular complexity index is 840. The highest BCUT2D eigenvalue weighted by Crippen LogP contribution is 2.37. The number of nitrogens with zero attached hydrogens (tertiary/aromatic N) is 5. The average Bonchev–Trinajstić information content (AvgIpc) is 3.33. The van der Waals surface area contributed by atoms with Crippen molar-refractivity contribution in [2.45, 2.75) is 37.1 Å². The fourth-order valence-corrected chi connectivity index (χ4v) is 5.13. The van der Waals surface area contributed by atoms with Crippen LogP contribution in [0.2, 0.25) is 0 Å². The molecule has 0 amide bonds. The smallest absolute Gasteiger partial charge is 0.225 e. The summed E-state index contributed by atoms with van der Waals surface area (Å²) >= 11 is 0. The van der Waals surface area contributed by atoms with Crippen LogP contribution in [-0.4, -0.2) is 93.0 Å². The number of ether oxygens (including phenoxy) is 2. The van der Waals surface area contributed by atoms with Gasteiger partial charge < -0.3 is 24.2 Å². The van der Waals surface area contributed by atoms with Crippen molar-refractivity contribution >= 4 is 5.95 Å². The zero-order valence-electron chi connectivity index (χ0n) is 20.4. The summed E-state index contributed by atoms with van der Waals surface area (Å²) in [4.78, 5) is 15.9. The van der Waals surface area contributed by atoms with Crippen LogP contribution in [0.25, 0.3) is 0 Å². The molecule has 33 heavy (non-hydrogen) atoms. The Balaban J connectivity index is 1.31. The zero-order chi connectivity index (χ0) is 23.1. The van der Waals surface area contributed by atoms with E-state index >= 15 is 0 Å². The molecule has 7 heteroatoms. The van der Waals surface area contributed by atoms with Crippen LogP contribution in [0.5, 0.6) is 5.75 Å². The van der Waals surface area contributed by atoms with Gasteiger partial charge in [-0.15, -0.1) is 0 Å². The third-order valence-corrected chi connectivity index (χ3v) is 7.22. The maximum Gasteiger partial charge on any atom is 0.225 e. The SMILES string of the molecule is CN(CC1(c2ccc(OCCCN3CC[C@@H](N(C)C)C3)cc2)CCOCC1)c1ncccn1. The van der Waals surface area contributed by atoms with Crippen LogP contribution >= 0.6 is 0 Å². The topological polar surface area (TPSA) is 54.0 Å². The van der Waals surface area contributed by atoms with Crippen LogP contribution < -0.4 is 9.64 Å². The fourth-order valence-electron chi connectivity index (χ4n) is 5.13. The molecule has 180 valence electrons. The van der Waals surface area contributed by atoms with E-state index in [0.29, 0.717) is 6.04 Å². The van der Waals surface area contributed by atoms with Crippen molar-refractivity contribution in [3.63, 3.8) is 0 Å². The normalized spacial score (nSPS) is 20.8. The number of likely N-dealkylation sites (N-methyl/N-ethyl adjacent to an activating group) is 2. The van der Waals surface area contributed by atoms with Crippen molar-refractivity contribution in [1.29, 1.82) is 0 Å². The molecule has 2 aliphatic rings. The predicted octanol–water partition coefficient (Wildman–Crippen LogP) is 3.07. The fraction of sp³-hybridized carbons (Fsp3) is 0.615. The van der Waals surface area contributed by atoms with Crippen LogP contribution in [-0.2, 0) is 10.2 Å². The summed E-state index contributed by atoms with van der Waals surface area (Å²) < 4.78 is 11.8. The molecule has 2 fully saturated rings. The summed E-state index contributed by atoms with van der Waals surface area (Å²) in [5.74, 6) is 1.71. The van der Waals surface area contributed by atoms with E-state index in [9.17, 15) is 0 Å². The second-order valence-corrected chi connectivity index (χ2v) is 9.73. The Morgan fingerprint density at radius 3 is 2.48 bits per heavy atom. The van der Waals surface area contributed by atoms with Crippen LogP contribution in [0.1, 0.15) is 31.2 Å². The van der Waals surface area contributed by atoms with Gasteiger partial charge in [0, 0.05) is 63.7 Å². The molecule has 0 N–H and O–H groups in total. The van der Waals surface area contributed by atoms with Gasteiger partial charge in [0.25, 0.3) is 0 Å². The molecule has 4 rings (SSSR count). The summed E-state index contributed by atoms with van der Waals surface area (Å²) in [5.41, 5.74) is 1.37. The van der Waals surface area contributed by atoms with Crippen LogP contribution in [0.4, 0.5) is 5.95 Å². The lowest BCUT2D eigenvalue weighted by Gasteiger charge is -2.40. The van der Waals surface area contributed by atoms with E-state index in [1.165, 1.54) is 25.1 Å². The third-order valence-electron chi connectivity index (χ3n) is 7.22. The van der Waals surface area contributed by atoms with Gasteiger partial charge >= 0.3 is 0 Å². The Morgan fingerprint density at radius 2 is 1.82 bits per heavy atom. The number of anilines is 1. The molecule has 2 saturated heterocycles. The molecule has 0 unspecified atom stereocenters. The molecular weight excluding hydrogens is 414 g/mol. The van der Waals surface area contributed by atoms with E-state index in [2.05, 4.69) is 70.1 Å². The summed E-state index contributed by atoms with van der Waals surface area (Å²) in [7, 11) is 6.43. The predicted molar refractivity (Wildman–Crippen MR) is 132 cm³/mol. The number of benzene rings is 1. The molecule has 0 saturated carbocycles. The van der Waals surface area contributed by atoms with Crippen molar-refractivity contribution in [2.24, 2.45) is 0 Å². The second-order valence-electron chi connectivity index (χ2n) is 9.73. The minimum atomic E-state index is 0.0312. The van der Waals surface area contributed by atoms with Crippen LogP contribution in [0.15, 0.2) is 42.7 Å². The summed E-state index contributed by atoms with van der Waals surface area (Å²) in [5, 5.41) is 0. The van der Waals surface area contributed by atoms with Gasteiger partial charge in [-0.1, -0.05) is 12.1 Å². The van der Waals surface area contributed by atoms with Gasteiger partial charge in [-0.3, -0.25) is 0 Å². The van der Waals surface area contributed by atoms with E-state index in [4.69, 9.17) is 9.47 Å². The maximum absolute atomic E-state index is 6.07. The summed E-state index contributed by atoms with van der Waals surface area (Å²) in [6, 6.07) is 11.3. The monoisotopic (exact) mass is 453 g/mol. The highest BCUT2D eigenvalue weighted by atomic mass is 16.5. The van der Waals surface area contributed by atoms with Gasteiger partial charge in [-0.25, -0.2) is 9.97 Å². The first kappa shape index (κ1) is 23.9. The average molecular weight is 454 g/mol. The Labute approximate surface area is 198 Å². The molecule has 2 aliphatic heterocycles. The van der Waals surface area contributed by atoms with Crippen molar-refractivity contribution in [3.8, 4) is 5.75 Å². The largest absolute Gasteiger partial charge is 0.494 e. The van der Waals surface area contributed by atoms with Gasteiger partial charge in [0.1, 0.15) is 5.75 Å². The number of likely N-dealkylation sites (tertiary alicyclic amines) is 1. The molecule has 2 aromatic rings. The first-order chi connectivity index (χ1) is 16.1. The first-order valence-electron chi connectivity index (χ1n) is 12.2. The standard InChI is InChI=1S/C26H39N5O2/c1-29(2)23-10-16-31(20-23)15-5-17-33-24-8-6-22(7-9-24)26(11-18-32-19-12-26)21-30(3)25-27-13-4-14-28-25/h4,6-9,13-14,23H,5,10-12,15-21H2,1-3H3/t23-/m1/s1. The quantitative estimate of drug-likeness (QED) is 0.513. The molecule has 0 radical (unpaired) electrons. The molecule has 1 aromatic heterocycles. The maximum atomic E-state index is 6.07. The van der Waals surface area contributed by atoms with Gasteiger partial charge in [-0.2, -0.15) is 0 Å². The lowest BCUT2D eigenvalue weighted by atomic mass is 9.74. The highest BCUT2D eigenvalue weighted by Gasteiger charge is 2.36. The minimum absolute atomic E-state index is 0.0312. The molecule has 3 heterocycles. The molecule has 1 aromatic carbocycles. The summed E-state index contributed by atoms with van der Waals surface area (Å²) in [6.07, 6.45) is 7.92. The molecule has 7 nitrogen and oxygen atoms in total. The van der Waals surface area contributed by atoms with E-state index in [1.54, 1.807) is 12.4 Å². The van der Waals surface area contributed by atoms with Gasteiger partial charge in [0.05, 0.1) is 6.61 Å². The lowest BCUT2D eigenvalue weighted by molar-refractivity contribution is 0.0525. The minimum Gasteiger partial charge on any atom is -0.494 e. The van der Waals surface area contributed by atoms with E-state index < -0.39 is 0 Å². The Kier molecular flexibility index (Phi) is 8.17. The van der Waals surface area contributed by atoms with E-state index in [-0.39, 0.29) is 5.41 Å². The van der Waals surface area contributed by atoms with E-state index in [1.807, 2.05) is 6.07 Å². The lowest BCUT2D eigenvalue weighted by Crippen LogP contribution is -2.44. The third kappa shape index (κ3) is 6.22. The van der Waals surface area contributed by atoms with Gasteiger partial charge in [0.15, 0.2) is 0 Å². The Hall–Kier alpha value is -2.22. The molecule has 0 aliphatic carbocycles. The van der Waals surface area contributed by atoms with Crippen LogP contribution in [0.3, 0.4) is 0 Å². The van der Waals surface area contributed by atoms with Gasteiger partial charge in [-0.05, 0) is 70.1 Å². The summed E-state index contributed by atoms with van der Waals surface area (Å²) in [6.45, 7) is 6.68. The van der Waals surface area contributed by atoms with Crippen molar-refractivity contribution in [2.75, 3.05) is 72.0 Å². The van der Waals surface area contributed by atoms with Crippen molar-refractivity contribution in [1.82, 2.24) is 19.8 Å². The van der Waals surface area contributed by atoms with Gasteiger partial charge in [0.2, 0.25) is 5.95 Å². The van der Waals surface area contributed by atoms with E-state index in [0.717, 1.165) is 63.9 Å².